The number of carbonyl (C=O) groups excluding carboxylic acids is 1. The second-order valence-corrected chi connectivity index (χ2v) is 6.23. The Morgan fingerprint density at radius 1 is 1.12 bits per heavy atom. The summed E-state index contributed by atoms with van der Waals surface area (Å²) in [5, 5.41) is 0.955. The molecule has 0 unspecified atom stereocenters. The maximum absolute atomic E-state index is 12.2. The van der Waals surface area contributed by atoms with Crippen LogP contribution in [0.3, 0.4) is 0 Å². The highest BCUT2D eigenvalue weighted by Crippen LogP contribution is 2.29. The molecular formula is C18H10Cl2N2O4. The third kappa shape index (κ3) is 3.42. The van der Waals surface area contributed by atoms with Crippen LogP contribution in [0, 0.1) is 0 Å². The van der Waals surface area contributed by atoms with Crippen molar-refractivity contribution in [1.82, 2.24) is 9.97 Å². The van der Waals surface area contributed by atoms with Crippen LogP contribution in [0.5, 0.6) is 0 Å². The molecule has 2 aromatic carbocycles. The Hall–Kier alpha value is -2.83. The van der Waals surface area contributed by atoms with Crippen LogP contribution in [0.1, 0.15) is 16.2 Å². The molecule has 2 heterocycles. The van der Waals surface area contributed by atoms with Crippen molar-refractivity contribution >= 4 is 40.3 Å². The van der Waals surface area contributed by atoms with Gasteiger partial charge in [0.25, 0.3) is 0 Å². The van der Waals surface area contributed by atoms with E-state index in [1.807, 2.05) is 0 Å². The number of carbonyl (C=O) groups is 1. The van der Waals surface area contributed by atoms with Gasteiger partial charge >= 0.3 is 5.97 Å². The smallest absolute Gasteiger partial charge is 0.338 e. The summed E-state index contributed by atoms with van der Waals surface area (Å²) < 4.78 is 15.9. The molecule has 0 aliphatic carbocycles. The number of esters is 1. The van der Waals surface area contributed by atoms with Crippen molar-refractivity contribution in [2.75, 3.05) is 0 Å². The van der Waals surface area contributed by atoms with E-state index in [4.69, 9.17) is 36.8 Å². The van der Waals surface area contributed by atoms with Gasteiger partial charge in [-0.2, -0.15) is 0 Å². The highest BCUT2D eigenvalue weighted by Gasteiger charge is 2.14. The standard InChI is InChI=1S/C18H10Cl2N2O4/c19-12-5-11(6-13(20)8-12)17-22-14-2-1-10(7-15(14)26-17)18(23)25-9-16-21-3-4-24-16/h1-8H,9H2. The van der Waals surface area contributed by atoms with E-state index in [1.165, 1.54) is 12.5 Å². The second-order valence-electron chi connectivity index (χ2n) is 5.36. The first-order chi connectivity index (χ1) is 12.6. The van der Waals surface area contributed by atoms with E-state index < -0.39 is 5.97 Å². The zero-order chi connectivity index (χ0) is 18.1. The molecule has 0 aliphatic rings. The minimum Gasteiger partial charge on any atom is -0.452 e. The molecule has 0 atom stereocenters. The summed E-state index contributed by atoms with van der Waals surface area (Å²) in [6.07, 6.45) is 2.89. The first kappa shape index (κ1) is 16.6. The van der Waals surface area contributed by atoms with E-state index in [1.54, 1.807) is 36.4 Å². The molecule has 0 amide bonds. The number of ether oxygens (including phenoxy) is 1. The lowest BCUT2D eigenvalue weighted by molar-refractivity contribution is 0.0438. The Kier molecular flexibility index (Phi) is 4.36. The Morgan fingerprint density at radius 2 is 1.92 bits per heavy atom. The molecular weight excluding hydrogens is 379 g/mol. The van der Waals surface area contributed by atoms with Crippen molar-refractivity contribution in [2.45, 2.75) is 6.61 Å². The normalized spacial score (nSPS) is 11.0. The number of aromatic nitrogens is 2. The third-order valence-electron chi connectivity index (χ3n) is 3.54. The molecule has 0 radical (unpaired) electrons. The van der Waals surface area contributed by atoms with Gasteiger partial charge in [0.1, 0.15) is 11.8 Å². The minimum atomic E-state index is -0.520. The first-order valence-corrected chi connectivity index (χ1v) is 8.26. The Balaban J connectivity index is 1.60. The van der Waals surface area contributed by atoms with Crippen LogP contribution in [0.4, 0.5) is 0 Å². The van der Waals surface area contributed by atoms with Gasteiger partial charge in [0.05, 0.1) is 11.8 Å². The quantitative estimate of drug-likeness (QED) is 0.450. The lowest BCUT2D eigenvalue weighted by atomic mass is 10.2. The van der Waals surface area contributed by atoms with Crippen molar-refractivity contribution in [3.63, 3.8) is 0 Å². The second kappa shape index (κ2) is 6.82. The molecule has 0 bridgehead atoms. The van der Waals surface area contributed by atoms with Crippen molar-refractivity contribution in [3.8, 4) is 11.5 Å². The number of oxazole rings is 2. The topological polar surface area (TPSA) is 78.4 Å². The van der Waals surface area contributed by atoms with Gasteiger partial charge in [-0.1, -0.05) is 23.2 Å². The molecule has 0 fully saturated rings. The Bertz CT molecular complexity index is 1070. The number of benzene rings is 2. The van der Waals surface area contributed by atoms with Crippen LogP contribution < -0.4 is 0 Å². The van der Waals surface area contributed by atoms with Gasteiger partial charge in [0.2, 0.25) is 11.8 Å². The summed E-state index contributed by atoms with van der Waals surface area (Å²) in [5.41, 5.74) is 2.02. The Morgan fingerprint density at radius 3 is 2.65 bits per heavy atom. The number of rotatable bonds is 4. The molecule has 0 spiro atoms. The first-order valence-electron chi connectivity index (χ1n) is 7.51. The molecule has 6 nitrogen and oxygen atoms in total. The van der Waals surface area contributed by atoms with Crippen LogP contribution in [-0.4, -0.2) is 15.9 Å². The fraction of sp³-hybridized carbons (Fsp3) is 0.0556. The third-order valence-corrected chi connectivity index (χ3v) is 3.98. The van der Waals surface area contributed by atoms with E-state index in [0.717, 1.165) is 0 Å². The van der Waals surface area contributed by atoms with E-state index >= 15 is 0 Å². The molecule has 0 N–H and O–H groups in total. The summed E-state index contributed by atoms with van der Waals surface area (Å²) in [7, 11) is 0. The molecule has 26 heavy (non-hydrogen) atoms. The zero-order valence-corrected chi connectivity index (χ0v) is 14.6. The Labute approximate surface area is 157 Å². The van der Waals surface area contributed by atoms with Crippen molar-refractivity contribution in [3.05, 3.63) is 70.4 Å². The van der Waals surface area contributed by atoms with Gasteiger partial charge in [0.15, 0.2) is 12.2 Å². The van der Waals surface area contributed by atoms with E-state index in [0.29, 0.717) is 44.1 Å². The fourth-order valence-electron chi connectivity index (χ4n) is 2.39. The van der Waals surface area contributed by atoms with E-state index in [2.05, 4.69) is 9.97 Å². The van der Waals surface area contributed by atoms with Crippen LogP contribution in [0.25, 0.3) is 22.6 Å². The maximum atomic E-state index is 12.2. The maximum Gasteiger partial charge on any atom is 0.338 e. The predicted molar refractivity (Wildman–Crippen MR) is 95.1 cm³/mol. The minimum absolute atomic E-state index is 0.0491. The van der Waals surface area contributed by atoms with E-state index in [-0.39, 0.29) is 6.61 Å². The summed E-state index contributed by atoms with van der Waals surface area (Å²) in [6, 6.07) is 9.87. The summed E-state index contributed by atoms with van der Waals surface area (Å²) >= 11 is 12.0. The number of nitrogens with zero attached hydrogens (tertiary/aromatic N) is 2. The van der Waals surface area contributed by atoms with Gasteiger partial charge < -0.3 is 13.6 Å². The molecule has 0 saturated carbocycles. The van der Waals surface area contributed by atoms with Crippen molar-refractivity contribution in [2.24, 2.45) is 0 Å². The highest BCUT2D eigenvalue weighted by atomic mass is 35.5. The molecule has 0 aliphatic heterocycles. The van der Waals surface area contributed by atoms with Crippen LogP contribution in [-0.2, 0) is 11.3 Å². The average Bonchev–Trinajstić information content (AvgIpc) is 3.27. The van der Waals surface area contributed by atoms with Crippen molar-refractivity contribution in [1.29, 1.82) is 0 Å². The number of hydrogen-bond donors (Lipinski definition) is 0. The summed E-state index contributed by atoms with van der Waals surface area (Å²) in [5.74, 6) is 0.155. The predicted octanol–water partition coefficient (Wildman–Crippen LogP) is 5.15. The van der Waals surface area contributed by atoms with Gasteiger partial charge in [-0.15, -0.1) is 0 Å². The molecule has 4 aromatic rings. The number of hydrogen-bond acceptors (Lipinski definition) is 6. The SMILES string of the molecule is O=C(OCc1ncco1)c1ccc2nc(-c3cc(Cl)cc(Cl)c3)oc2c1. The van der Waals surface area contributed by atoms with Crippen LogP contribution in [0.15, 0.2) is 57.7 Å². The zero-order valence-electron chi connectivity index (χ0n) is 13.1. The molecule has 130 valence electrons. The summed E-state index contributed by atoms with van der Waals surface area (Å²) in [6.45, 7) is -0.0491. The van der Waals surface area contributed by atoms with Gasteiger partial charge in [-0.05, 0) is 36.4 Å². The molecule has 8 heteroatoms. The van der Waals surface area contributed by atoms with Crippen LogP contribution in [0.2, 0.25) is 10.0 Å². The lowest BCUT2D eigenvalue weighted by Gasteiger charge is -2.01. The number of halogens is 2. The largest absolute Gasteiger partial charge is 0.452 e. The molecule has 2 aromatic heterocycles. The van der Waals surface area contributed by atoms with Crippen molar-refractivity contribution < 1.29 is 18.4 Å². The summed E-state index contributed by atoms with van der Waals surface area (Å²) in [4.78, 5) is 20.4. The van der Waals surface area contributed by atoms with Crippen LogP contribution >= 0.6 is 23.2 Å². The van der Waals surface area contributed by atoms with Gasteiger partial charge in [-0.3, -0.25) is 0 Å². The van der Waals surface area contributed by atoms with Gasteiger partial charge in [0, 0.05) is 15.6 Å². The monoisotopic (exact) mass is 388 g/mol. The highest BCUT2D eigenvalue weighted by molar-refractivity contribution is 6.35. The fourth-order valence-corrected chi connectivity index (χ4v) is 2.91. The lowest BCUT2D eigenvalue weighted by Crippen LogP contribution is -2.05. The number of fused-ring (bicyclic) bond motifs is 1. The average molecular weight is 389 g/mol. The molecule has 4 rings (SSSR count). The van der Waals surface area contributed by atoms with E-state index in [9.17, 15) is 4.79 Å². The molecule has 0 saturated heterocycles. The van der Waals surface area contributed by atoms with Gasteiger partial charge in [-0.25, -0.2) is 14.8 Å².